The highest BCUT2D eigenvalue weighted by molar-refractivity contribution is 6.34. The Balaban J connectivity index is 1.72. The van der Waals surface area contributed by atoms with Gasteiger partial charge in [-0.15, -0.1) is 0 Å². The molecule has 10 nitrogen and oxygen atoms in total. The molecule has 0 saturated heterocycles. The van der Waals surface area contributed by atoms with Gasteiger partial charge in [-0.05, 0) is 23.8 Å². The molecule has 2 heterocycles. The van der Waals surface area contributed by atoms with Crippen molar-refractivity contribution in [1.29, 1.82) is 0 Å². The zero-order valence-corrected chi connectivity index (χ0v) is 18.9. The van der Waals surface area contributed by atoms with Gasteiger partial charge in [0.1, 0.15) is 11.4 Å². The lowest BCUT2D eigenvalue weighted by Gasteiger charge is -2.19. The minimum Gasteiger partial charge on any atom is -0.394 e. The first kappa shape index (κ1) is 24.9. The Bertz CT molecular complexity index is 1380. The molecule has 0 saturated carbocycles. The van der Waals surface area contributed by atoms with Crippen molar-refractivity contribution in [2.24, 2.45) is 5.73 Å². The van der Waals surface area contributed by atoms with Gasteiger partial charge in [0.25, 0.3) is 11.7 Å². The molecule has 2 aromatic heterocycles. The Kier molecular flexibility index (Phi) is 7.03. The van der Waals surface area contributed by atoms with Crippen LogP contribution in [0.2, 0.25) is 5.02 Å². The number of aliphatic hydroxyl groups excluding tert-OH is 1. The fraction of sp³-hybridized carbons (Fsp3) is 0.136. The molecule has 0 unspecified atom stereocenters. The fourth-order valence-electron chi connectivity index (χ4n) is 3.16. The molecule has 5 N–H and O–H groups in total. The SMILES string of the molecule is NC(=O)c1ccc(Nc2ncc(-c3nc(C(F)(F)F)no3)c(N[C@H](CO)c3ccccc3)n2)cc1Cl. The Hall–Kier alpha value is -4.23. The highest BCUT2D eigenvalue weighted by Gasteiger charge is 2.37. The summed E-state index contributed by atoms with van der Waals surface area (Å²) in [6, 6.07) is 12.5. The molecule has 14 heteroatoms. The molecule has 0 bridgehead atoms. The zero-order valence-electron chi connectivity index (χ0n) is 18.1. The normalized spacial score (nSPS) is 12.2. The average molecular weight is 520 g/mol. The number of benzene rings is 2. The van der Waals surface area contributed by atoms with E-state index in [1.807, 2.05) is 0 Å². The lowest BCUT2D eigenvalue weighted by molar-refractivity contribution is -0.146. The van der Waals surface area contributed by atoms with Gasteiger partial charge >= 0.3 is 6.18 Å². The van der Waals surface area contributed by atoms with E-state index in [4.69, 9.17) is 21.9 Å². The van der Waals surface area contributed by atoms with Gasteiger partial charge in [-0.25, -0.2) is 4.98 Å². The highest BCUT2D eigenvalue weighted by Crippen LogP contribution is 2.33. The van der Waals surface area contributed by atoms with E-state index in [0.29, 0.717) is 11.3 Å². The topological polar surface area (TPSA) is 152 Å². The molecule has 4 rings (SSSR count). The third-order valence-corrected chi connectivity index (χ3v) is 5.20. The Morgan fingerprint density at radius 2 is 1.92 bits per heavy atom. The van der Waals surface area contributed by atoms with E-state index >= 15 is 0 Å². The molecule has 0 aliphatic carbocycles. The summed E-state index contributed by atoms with van der Waals surface area (Å²) in [6.45, 7) is -0.363. The molecular formula is C22H17ClF3N7O3. The van der Waals surface area contributed by atoms with E-state index in [0.717, 1.165) is 0 Å². The van der Waals surface area contributed by atoms with Gasteiger partial charge in [0.2, 0.25) is 11.9 Å². The van der Waals surface area contributed by atoms with Crippen molar-refractivity contribution in [3.05, 3.63) is 76.7 Å². The summed E-state index contributed by atoms with van der Waals surface area (Å²) in [4.78, 5) is 23.2. The third kappa shape index (κ3) is 5.53. The van der Waals surface area contributed by atoms with Gasteiger partial charge < -0.3 is 26.0 Å². The maximum atomic E-state index is 13.0. The summed E-state index contributed by atoms with van der Waals surface area (Å²) in [7, 11) is 0. The van der Waals surface area contributed by atoms with Crippen molar-refractivity contribution in [3.8, 4) is 11.5 Å². The monoisotopic (exact) mass is 519 g/mol. The van der Waals surface area contributed by atoms with Crippen molar-refractivity contribution < 1.29 is 27.6 Å². The lowest BCUT2D eigenvalue weighted by atomic mass is 10.1. The van der Waals surface area contributed by atoms with Crippen LogP contribution in [0, 0.1) is 0 Å². The van der Waals surface area contributed by atoms with Crippen LogP contribution >= 0.6 is 11.6 Å². The minimum absolute atomic E-state index is 0.00707. The number of alkyl halides is 3. The molecule has 0 radical (unpaired) electrons. The second-order valence-corrected chi connectivity index (χ2v) is 7.76. The number of halogens is 4. The maximum Gasteiger partial charge on any atom is 0.455 e. The van der Waals surface area contributed by atoms with Gasteiger partial charge in [0.15, 0.2) is 0 Å². The second-order valence-electron chi connectivity index (χ2n) is 7.35. The van der Waals surface area contributed by atoms with Crippen LogP contribution < -0.4 is 16.4 Å². The largest absolute Gasteiger partial charge is 0.455 e. The zero-order chi connectivity index (χ0) is 25.9. The number of nitrogens with two attached hydrogens (primary N) is 1. The molecule has 0 aliphatic heterocycles. The quantitative estimate of drug-likeness (QED) is 0.268. The number of rotatable bonds is 8. The molecule has 0 fully saturated rings. The van der Waals surface area contributed by atoms with Gasteiger partial charge in [0.05, 0.1) is 23.2 Å². The molecule has 0 spiro atoms. The van der Waals surface area contributed by atoms with Crippen LogP contribution in [-0.2, 0) is 6.18 Å². The van der Waals surface area contributed by atoms with Crippen LogP contribution in [-0.4, -0.2) is 37.7 Å². The van der Waals surface area contributed by atoms with E-state index in [9.17, 15) is 23.1 Å². The summed E-state index contributed by atoms with van der Waals surface area (Å²) in [6.07, 6.45) is -3.63. The van der Waals surface area contributed by atoms with Gasteiger partial charge in [-0.2, -0.15) is 23.1 Å². The number of aromatic nitrogens is 4. The number of hydrogen-bond donors (Lipinski definition) is 4. The summed E-state index contributed by atoms with van der Waals surface area (Å²) >= 11 is 6.08. The van der Waals surface area contributed by atoms with Gasteiger partial charge in [0, 0.05) is 11.9 Å². The standard InChI is InChI=1S/C22H17ClF3N7O3/c23-15-8-12(6-7-13(15)17(27)35)29-21-28-9-14(19-32-20(33-36-19)22(24,25)26)18(31-21)30-16(10-34)11-4-2-1-3-5-11/h1-9,16,34H,10H2,(H2,27,35)(H2,28,29,30,31)/t16-/m1/s1. The fourth-order valence-corrected chi connectivity index (χ4v) is 3.44. The first-order valence-corrected chi connectivity index (χ1v) is 10.6. The maximum absolute atomic E-state index is 13.0. The van der Waals surface area contributed by atoms with Crippen molar-refractivity contribution >= 4 is 35.0 Å². The van der Waals surface area contributed by atoms with E-state index in [2.05, 4.69) is 30.7 Å². The summed E-state index contributed by atoms with van der Waals surface area (Å²) in [5.41, 5.74) is 6.44. The number of primary amides is 1. The van der Waals surface area contributed by atoms with Crippen LogP contribution in [0.5, 0.6) is 0 Å². The van der Waals surface area contributed by atoms with Crippen LogP contribution in [0.25, 0.3) is 11.5 Å². The average Bonchev–Trinajstić information content (AvgIpc) is 3.34. The molecule has 2 aromatic carbocycles. The number of anilines is 3. The van der Waals surface area contributed by atoms with Crippen LogP contribution in [0.4, 0.5) is 30.6 Å². The van der Waals surface area contributed by atoms with E-state index in [1.54, 1.807) is 30.3 Å². The number of amides is 1. The molecule has 4 aromatic rings. The van der Waals surface area contributed by atoms with E-state index in [1.165, 1.54) is 24.4 Å². The van der Waals surface area contributed by atoms with Crippen LogP contribution in [0.3, 0.4) is 0 Å². The first-order valence-electron chi connectivity index (χ1n) is 10.2. The number of carbonyl (C=O) groups excluding carboxylic acids is 1. The smallest absolute Gasteiger partial charge is 0.394 e. The molecule has 186 valence electrons. The number of nitrogens with zero attached hydrogens (tertiary/aromatic N) is 4. The predicted octanol–water partition coefficient (Wildman–Crippen LogP) is 4.19. The Labute approximate surface area is 206 Å². The molecule has 1 atom stereocenters. The molecule has 1 amide bonds. The van der Waals surface area contributed by atoms with E-state index in [-0.39, 0.29) is 34.5 Å². The predicted molar refractivity (Wildman–Crippen MR) is 123 cm³/mol. The number of carbonyl (C=O) groups is 1. The summed E-state index contributed by atoms with van der Waals surface area (Å²) in [5.74, 6) is -2.61. The van der Waals surface area contributed by atoms with Crippen LogP contribution in [0.1, 0.15) is 27.8 Å². The van der Waals surface area contributed by atoms with Crippen LogP contribution in [0.15, 0.2) is 59.3 Å². The van der Waals surface area contributed by atoms with Crippen molar-refractivity contribution in [3.63, 3.8) is 0 Å². The van der Waals surface area contributed by atoms with E-state index < -0.39 is 29.8 Å². The van der Waals surface area contributed by atoms with Gasteiger partial charge in [-0.1, -0.05) is 47.1 Å². The minimum atomic E-state index is -4.81. The van der Waals surface area contributed by atoms with Crippen molar-refractivity contribution in [2.75, 3.05) is 17.2 Å². The number of aliphatic hydroxyl groups is 1. The summed E-state index contributed by atoms with van der Waals surface area (Å²) in [5, 5.41) is 18.9. The molecular weight excluding hydrogens is 503 g/mol. The number of hydrogen-bond acceptors (Lipinski definition) is 9. The molecule has 36 heavy (non-hydrogen) atoms. The van der Waals surface area contributed by atoms with Crippen molar-refractivity contribution in [1.82, 2.24) is 20.1 Å². The lowest BCUT2D eigenvalue weighted by Crippen LogP contribution is -2.17. The summed E-state index contributed by atoms with van der Waals surface area (Å²) < 4.78 is 43.8. The van der Waals surface area contributed by atoms with Crippen molar-refractivity contribution in [2.45, 2.75) is 12.2 Å². The third-order valence-electron chi connectivity index (χ3n) is 4.88. The molecule has 0 aliphatic rings. The Morgan fingerprint density at radius 1 is 1.17 bits per heavy atom. The van der Waals surface area contributed by atoms with Gasteiger partial charge in [-0.3, -0.25) is 4.79 Å². The highest BCUT2D eigenvalue weighted by atomic mass is 35.5. The number of nitrogens with one attached hydrogen (secondary N) is 2. The second kappa shape index (κ2) is 10.2. The first-order chi connectivity index (χ1) is 17.2. The Morgan fingerprint density at radius 3 is 2.53 bits per heavy atom.